The predicted octanol–water partition coefficient (Wildman–Crippen LogP) is 3.03. The third-order valence-corrected chi connectivity index (χ3v) is 3.16. The minimum absolute atomic E-state index is 0.208. The quantitative estimate of drug-likeness (QED) is 0.812. The van der Waals surface area contributed by atoms with Crippen LogP contribution in [0.2, 0.25) is 0 Å². The average molecular weight is 286 g/mol. The smallest absolute Gasteiger partial charge is 0.355 e. The van der Waals surface area contributed by atoms with Crippen LogP contribution in [0.15, 0.2) is 30.5 Å². The van der Waals surface area contributed by atoms with Crippen molar-refractivity contribution in [3.05, 3.63) is 58.7 Å². The number of aryl methyl sites for hydroxylation is 1. The van der Waals surface area contributed by atoms with Crippen LogP contribution < -0.4 is 0 Å². The van der Waals surface area contributed by atoms with Gasteiger partial charge in [-0.05, 0) is 37.6 Å². The van der Waals surface area contributed by atoms with E-state index >= 15 is 0 Å². The third kappa shape index (κ3) is 3.11. The molecule has 4 nitrogen and oxygen atoms in total. The Morgan fingerprint density at radius 3 is 2.81 bits per heavy atom. The summed E-state index contributed by atoms with van der Waals surface area (Å²) in [5, 5.41) is 8.74. The zero-order valence-electron chi connectivity index (χ0n) is 11.9. The molecule has 1 heterocycles. The molecule has 0 fully saturated rings. The predicted molar refractivity (Wildman–Crippen MR) is 75.3 cm³/mol. The van der Waals surface area contributed by atoms with Gasteiger partial charge in [0.15, 0.2) is 0 Å². The van der Waals surface area contributed by atoms with Gasteiger partial charge in [0.2, 0.25) is 0 Å². The van der Waals surface area contributed by atoms with E-state index in [1.54, 1.807) is 42.8 Å². The van der Waals surface area contributed by atoms with Gasteiger partial charge in [-0.2, -0.15) is 5.26 Å². The molecule has 0 bridgehead atoms. The number of benzene rings is 1. The molecule has 2 rings (SSSR count). The van der Waals surface area contributed by atoms with Gasteiger partial charge >= 0.3 is 5.97 Å². The first-order valence-corrected chi connectivity index (χ1v) is 6.58. The van der Waals surface area contributed by atoms with E-state index in [2.05, 4.69) is 0 Å². The van der Waals surface area contributed by atoms with Crippen LogP contribution in [-0.2, 0) is 11.3 Å². The summed E-state index contributed by atoms with van der Waals surface area (Å²) >= 11 is 0. The minimum Gasteiger partial charge on any atom is -0.461 e. The van der Waals surface area contributed by atoms with E-state index < -0.39 is 11.8 Å². The van der Waals surface area contributed by atoms with Gasteiger partial charge in [0, 0.05) is 11.8 Å². The lowest BCUT2D eigenvalue weighted by Crippen LogP contribution is -2.14. The van der Waals surface area contributed by atoms with Crippen molar-refractivity contribution in [2.75, 3.05) is 6.61 Å². The Balaban J connectivity index is 2.33. The molecule has 21 heavy (non-hydrogen) atoms. The summed E-state index contributed by atoms with van der Waals surface area (Å²) in [7, 11) is 0. The van der Waals surface area contributed by atoms with Crippen molar-refractivity contribution >= 4 is 5.97 Å². The van der Waals surface area contributed by atoms with Gasteiger partial charge in [-0.25, -0.2) is 9.18 Å². The molecule has 0 saturated heterocycles. The van der Waals surface area contributed by atoms with Crippen LogP contribution in [0.4, 0.5) is 4.39 Å². The van der Waals surface area contributed by atoms with Gasteiger partial charge in [0.05, 0.1) is 24.8 Å². The van der Waals surface area contributed by atoms with Crippen LogP contribution in [-0.4, -0.2) is 17.1 Å². The molecule has 0 unspecified atom stereocenters. The number of hydrogen-bond donors (Lipinski definition) is 0. The first-order valence-electron chi connectivity index (χ1n) is 6.58. The average Bonchev–Trinajstić information content (AvgIpc) is 2.82. The highest BCUT2D eigenvalue weighted by Gasteiger charge is 2.16. The summed E-state index contributed by atoms with van der Waals surface area (Å²) in [6.07, 6.45) is 1.72. The summed E-state index contributed by atoms with van der Waals surface area (Å²) in [6.45, 7) is 4.03. The maximum Gasteiger partial charge on any atom is 0.355 e. The van der Waals surface area contributed by atoms with E-state index in [9.17, 15) is 9.18 Å². The molecule has 0 aliphatic heterocycles. The molecule has 0 saturated carbocycles. The molecule has 1 aromatic carbocycles. The van der Waals surface area contributed by atoms with Crippen molar-refractivity contribution in [1.29, 1.82) is 5.26 Å². The monoisotopic (exact) mass is 286 g/mol. The molecule has 0 N–H and O–H groups in total. The van der Waals surface area contributed by atoms with E-state index in [0.717, 1.165) is 5.56 Å². The van der Waals surface area contributed by atoms with Gasteiger partial charge in [0.25, 0.3) is 0 Å². The van der Waals surface area contributed by atoms with Crippen LogP contribution >= 0.6 is 0 Å². The summed E-state index contributed by atoms with van der Waals surface area (Å²) < 4.78 is 20.6. The SMILES string of the molecule is CCOC(=O)c1c(C)ccn1Cc1ccc(C#N)cc1F. The minimum atomic E-state index is -0.463. The summed E-state index contributed by atoms with van der Waals surface area (Å²) in [4.78, 5) is 11.9. The number of aromatic nitrogens is 1. The Labute approximate surface area is 122 Å². The highest BCUT2D eigenvalue weighted by molar-refractivity contribution is 5.89. The molecule has 0 atom stereocenters. The zero-order chi connectivity index (χ0) is 15.4. The molecule has 0 spiro atoms. The van der Waals surface area contributed by atoms with Crippen LogP contribution in [0.5, 0.6) is 0 Å². The Morgan fingerprint density at radius 2 is 2.19 bits per heavy atom. The molecule has 0 radical (unpaired) electrons. The van der Waals surface area contributed by atoms with E-state index in [0.29, 0.717) is 11.3 Å². The maximum absolute atomic E-state index is 13.9. The molecule has 0 amide bonds. The highest BCUT2D eigenvalue weighted by atomic mass is 19.1. The lowest BCUT2D eigenvalue weighted by atomic mass is 10.1. The molecule has 108 valence electrons. The maximum atomic E-state index is 13.9. The van der Waals surface area contributed by atoms with Gasteiger partial charge < -0.3 is 9.30 Å². The molecule has 1 aromatic heterocycles. The highest BCUT2D eigenvalue weighted by Crippen LogP contribution is 2.17. The van der Waals surface area contributed by atoms with Gasteiger partial charge in [-0.3, -0.25) is 0 Å². The van der Waals surface area contributed by atoms with Gasteiger partial charge in [-0.15, -0.1) is 0 Å². The van der Waals surface area contributed by atoms with Crippen LogP contribution in [0.1, 0.15) is 34.1 Å². The fraction of sp³-hybridized carbons (Fsp3) is 0.250. The van der Waals surface area contributed by atoms with Crippen molar-refractivity contribution in [2.45, 2.75) is 20.4 Å². The fourth-order valence-corrected chi connectivity index (χ4v) is 2.12. The van der Waals surface area contributed by atoms with Crippen molar-refractivity contribution in [2.24, 2.45) is 0 Å². The van der Waals surface area contributed by atoms with Crippen molar-refractivity contribution in [1.82, 2.24) is 4.57 Å². The van der Waals surface area contributed by atoms with Crippen LogP contribution in [0.3, 0.4) is 0 Å². The lowest BCUT2D eigenvalue weighted by molar-refractivity contribution is 0.0513. The molecule has 2 aromatic rings. The van der Waals surface area contributed by atoms with E-state index in [4.69, 9.17) is 10.00 Å². The second kappa shape index (κ2) is 6.23. The Hall–Kier alpha value is -2.61. The lowest BCUT2D eigenvalue weighted by Gasteiger charge is -2.10. The number of esters is 1. The zero-order valence-corrected chi connectivity index (χ0v) is 11.9. The fourth-order valence-electron chi connectivity index (χ4n) is 2.12. The molecule has 0 aliphatic carbocycles. The Bertz CT molecular complexity index is 714. The first-order chi connectivity index (χ1) is 10.1. The number of halogens is 1. The van der Waals surface area contributed by atoms with Crippen molar-refractivity contribution in [3.8, 4) is 6.07 Å². The van der Waals surface area contributed by atoms with Crippen molar-refractivity contribution in [3.63, 3.8) is 0 Å². The molecule has 0 aliphatic rings. The van der Waals surface area contributed by atoms with E-state index in [1.165, 1.54) is 6.07 Å². The van der Waals surface area contributed by atoms with Crippen LogP contribution in [0.25, 0.3) is 0 Å². The molecular formula is C16H15FN2O2. The number of rotatable bonds is 4. The number of nitriles is 1. The van der Waals surface area contributed by atoms with Gasteiger partial charge in [0.1, 0.15) is 11.5 Å². The van der Waals surface area contributed by atoms with E-state index in [-0.39, 0.29) is 18.7 Å². The number of ether oxygens (including phenoxy) is 1. The molecular weight excluding hydrogens is 271 g/mol. The summed E-state index contributed by atoms with van der Waals surface area (Å²) in [5.74, 6) is -0.885. The van der Waals surface area contributed by atoms with E-state index in [1.807, 2.05) is 6.07 Å². The molecule has 5 heteroatoms. The summed E-state index contributed by atoms with van der Waals surface area (Å²) in [6, 6.07) is 7.97. The standard InChI is InChI=1S/C16H15FN2O2/c1-3-21-16(20)15-11(2)6-7-19(15)10-13-5-4-12(9-18)8-14(13)17/h4-8H,3,10H2,1-2H3. The Morgan fingerprint density at radius 1 is 1.43 bits per heavy atom. The second-order valence-electron chi connectivity index (χ2n) is 4.61. The number of nitrogens with zero attached hydrogens (tertiary/aromatic N) is 2. The second-order valence-corrected chi connectivity index (χ2v) is 4.61. The summed E-state index contributed by atoms with van der Waals surface area (Å²) in [5.41, 5.74) is 1.88. The van der Waals surface area contributed by atoms with Crippen molar-refractivity contribution < 1.29 is 13.9 Å². The Kier molecular flexibility index (Phi) is 4.39. The first kappa shape index (κ1) is 14.8. The normalized spacial score (nSPS) is 10.2. The van der Waals surface area contributed by atoms with Crippen LogP contribution in [0, 0.1) is 24.1 Å². The number of carbonyl (C=O) groups excluding carboxylic acids is 1. The topological polar surface area (TPSA) is 55.0 Å². The third-order valence-electron chi connectivity index (χ3n) is 3.16. The largest absolute Gasteiger partial charge is 0.461 e. The number of carbonyl (C=O) groups is 1. The number of hydrogen-bond acceptors (Lipinski definition) is 3. The van der Waals surface area contributed by atoms with Gasteiger partial charge in [-0.1, -0.05) is 6.07 Å².